The number of nitrogens with two attached hydrogens (primary N) is 1. The van der Waals surface area contributed by atoms with Crippen LogP contribution in [0.15, 0.2) is 17.5 Å². The second-order valence-corrected chi connectivity index (χ2v) is 3.93. The molecule has 0 amide bonds. The molecule has 1 aliphatic heterocycles. The molecule has 5 nitrogen and oxygen atoms in total. The Morgan fingerprint density at radius 1 is 1.35 bits per heavy atom. The average molecular weight is 244 g/mol. The Morgan fingerprint density at radius 2 is 2.06 bits per heavy atom. The molecule has 5 heteroatoms. The van der Waals surface area contributed by atoms with E-state index in [-0.39, 0.29) is 12.1 Å². The van der Waals surface area contributed by atoms with Crippen LogP contribution in [0.1, 0.15) is 39.0 Å². The van der Waals surface area contributed by atoms with Crippen LogP contribution < -0.4 is 5.73 Å². The van der Waals surface area contributed by atoms with Crippen molar-refractivity contribution in [3.8, 4) is 0 Å². The molecule has 1 heterocycles. The van der Waals surface area contributed by atoms with Crippen LogP contribution in [0.3, 0.4) is 0 Å². The molecular formula is C12H24N2O3. The van der Waals surface area contributed by atoms with E-state index in [0.717, 1.165) is 38.6 Å². The molecule has 0 aromatic heterocycles. The lowest BCUT2D eigenvalue weighted by Crippen LogP contribution is -2.17. The molecule has 0 saturated carbocycles. The minimum absolute atomic E-state index is 0.0116. The van der Waals surface area contributed by atoms with Gasteiger partial charge in [0.25, 0.3) is 0 Å². The normalized spacial score (nSPS) is 21.6. The molecule has 17 heavy (non-hydrogen) atoms. The standard InChI is InChI=1S/C6H9NO2.C6H15NO/c1-2-6-5(7-8)3-4-9-6;7-5-3-1-2-4-6-8/h3-6H,2H2,1H3;8H,1-7H2. The van der Waals surface area contributed by atoms with E-state index in [1.807, 2.05) is 6.92 Å². The van der Waals surface area contributed by atoms with Crippen molar-refractivity contribution < 1.29 is 9.84 Å². The third-order valence-electron chi connectivity index (χ3n) is 2.55. The van der Waals surface area contributed by atoms with Crippen molar-refractivity contribution in [2.75, 3.05) is 13.2 Å². The van der Waals surface area contributed by atoms with Gasteiger partial charge in [0.15, 0.2) is 0 Å². The zero-order valence-electron chi connectivity index (χ0n) is 10.5. The molecule has 0 aromatic carbocycles. The first-order chi connectivity index (χ1) is 8.29. The van der Waals surface area contributed by atoms with Crippen molar-refractivity contribution in [3.63, 3.8) is 0 Å². The van der Waals surface area contributed by atoms with E-state index < -0.39 is 0 Å². The van der Waals surface area contributed by atoms with Crippen molar-refractivity contribution in [3.05, 3.63) is 17.2 Å². The summed E-state index contributed by atoms with van der Waals surface area (Å²) in [6, 6.07) is -0.255. The van der Waals surface area contributed by atoms with Gasteiger partial charge in [-0.05, 0) is 31.9 Å². The summed E-state index contributed by atoms with van der Waals surface area (Å²) in [5.41, 5.74) is 5.25. The number of aliphatic hydroxyl groups excluding tert-OH is 1. The fourth-order valence-electron chi connectivity index (χ4n) is 1.48. The van der Waals surface area contributed by atoms with E-state index in [9.17, 15) is 4.91 Å². The van der Waals surface area contributed by atoms with Crippen molar-refractivity contribution in [1.82, 2.24) is 0 Å². The predicted octanol–water partition coefficient (Wildman–Crippen LogP) is 1.94. The van der Waals surface area contributed by atoms with Gasteiger partial charge < -0.3 is 15.6 Å². The van der Waals surface area contributed by atoms with Crippen molar-refractivity contribution in [1.29, 1.82) is 0 Å². The highest BCUT2D eigenvalue weighted by Gasteiger charge is 2.22. The first-order valence-corrected chi connectivity index (χ1v) is 6.25. The molecule has 1 aliphatic rings. The third kappa shape index (κ3) is 7.88. The van der Waals surface area contributed by atoms with Gasteiger partial charge in [0.2, 0.25) is 0 Å². The van der Waals surface area contributed by atoms with Gasteiger partial charge in [-0.2, -0.15) is 4.91 Å². The van der Waals surface area contributed by atoms with Crippen molar-refractivity contribution >= 4 is 0 Å². The van der Waals surface area contributed by atoms with E-state index in [1.165, 1.54) is 0 Å². The summed E-state index contributed by atoms with van der Waals surface area (Å²) in [7, 11) is 0. The molecular weight excluding hydrogens is 220 g/mol. The largest absolute Gasteiger partial charge is 0.496 e. The monoisotopic (exact) mass is 244 g/mol. The SMILES string of the molecule is CCC1OC=CC1N=O.NCCCCCCO. The van der Waals surface area contributed by atoms with E-state index in [0.29, 0.717) is 6.61 Å². The van der Waals surface area contributed by atoms with Crippen LogP contribution in [0.4, 0.5) is 0 Å². The van der Waals surface area contributed by atoms with Crippen LogP contribution in [-0.4, -0.2) is 30.4 Å². The third-order valence-corrected chi connectivity index (χ3v) is 2.55. The fraction of sp³-hybridized carbons (Fsp3) is 0.833. The molecule has 0 radical (unpaired) electrons. The quantitative estimate of drug-likeness (QED) is 0.529. The van der Waals surface area contributed by atoms with Gasteiger partial charge in [0.1, 0.15) is 12.1 Å². The first kappa shape index (κ1) is 16.1. The molecule has 0 aliphatic carbocycles. The highest BCUT2D eigenvalue weighted by Crippen LogP contribution is 2.15. The highest BCUT2D eigenvalue weighted by molar-refractivity contribution is 5.00. The summed E-state index contributed by atoms with van der Waals surface area (Å²) in [6.07, 6.45) is 8.36. The van der Waals surface area contributed by atoms with E-state index in [2.05, 4.69) is 5.18 Å². The van der Waals surface area contributed by atoms with Crippen LogP contribution in [-0.2, 0) is 4.74 Å². The molecule has 0 spiro atoms. The Bertz CT molecular complexity index is 204. The Kier molecular flexibility index (Phi) is 10.9. The molecule has 2 unspecified atom stereocenters. The number of unbranched alkanes of at least 4 members (excludes halogenated alkanes) is 3. The molecule has 1 rings (SSSR count). The number of nitrogens with zero attached hydrogens (tertiary/aromatic N) is 1. The van der Waals surface area contributed by atoms with Gasteiger partial charge in [-0.15, -0.1) is 0 Å². The zero-order chi connectivity index (χ0) is 12.9. The number of hydrogen-bond donors (Lipinski definition) is 2. The molecule has 3 N–H and O–H groups in total. The molecule has 0 saturated heterocycles. The summed E-state index contributed by atoms with van der Waals surface area (Å²) < 4.78 is 5.03. The van der Waals surface area contributed by atoms with Crippen LogP contribution >= 0.6 is 0 Å². The summed E-state index contributed by atoms with van der Waals surface area (Å²) in [4.78, 5) is 10.00. The minimum Gasteiger partial charge on any atom is -0.496 e. The van der Waals surface area contributed by atoms with Gasteiger partial charge in [-0.25, -0.2) is 0 Å². The molecule has 0 bridgehead atoms. The first-order valence-electron chi connectivity index (χ1n) is 6.25. The summed E-state index contributed by atoms with van der Waals surface area (Å²) in [5.74, 6) is 0. The lowest BCUT2D eigenvalue weighted by molar-refractivity contribution is 0.154. The molecule has 2 atom stereocenters. The van der Waals surface area contributed by atoms with E-state index in [1.54, 1.807) is 12.3 Å². The summed E-state index contributed by atoms with van der Waals surface area (Å²) >= 11 is 0. The van der Waals surface area contributed by atoms with E-state index in [4.69, 9.17) is 15.6 Å². The number of ether oxygens (including phenoxy) is 1. The van der Waals surface area contributed by atoms with E-state index >= 15 is 0 Å². The van der Waals surface area contributed by atoms with Crippen LogP contribution in [0.25, 0.3) is 0 Å². The lowest BCUT2D eigenvalue weighted by atomic mass is 10.1. The maximum absolute atomic E-state index is 10.00. The summed E-state index contributed by atoms with van der Waals surface area (Å²) in [5, 5.41) is 11.2. The summed E-state index contributed by atoms with van der Waals surface area (Å²) in [6.45, 7) is 3.08. The Morgan fingerprint density at radius 3 is 2.53 bits per heavy atom. The van der Waals surface area contributed by atoms with Gasteiger partial charge >= 0.3 is 0 Å². The molecule has 100 valence electrons. The maximum atomic E-state index is 10.00. The molecule has 0 fully saturated rings. The highest BCUT2D eigenvalue weighted by atomic mass is 16.5. The molecule has 0 aromatic rings. The van der Waals surface area contributed by atoms with Crippen LogP contribution in [0, 0.1) is 4.91 Å². The number of nitroso groups, excluding NO2 is 1. The second-order valence-electron chi connectivity index (χ2n) is 3.93. The van der Waals surface area contributed by atoms with Gasteiger partial charge in [-0.3, -0.25) is 0 Å². The minimum atomic E-state index is -0.255. The number of hydrogen-bond acceptors (Lipinski definition) is 5. The fourth-order valence-corrected chi connectivity index (χ4v) is 1.48. The smallest absolute Gasteiger partial charge is 0.150 e. The maximum Gasteiger partial charge on any atom is 0.150 e. The Hall–Kier alpha value is -0.940. The van der Waals surface area contributed by atoms with Gasteiger partial charge in [-0.1, -0.05) is 24.9 Å². The zero-order valence-corrected chi connectivity index (χ0v) is 10.5. The average Bonchev–Trinajstić information content (AvgIpc) is 2.83. The van der Waals surface area contributed by atoms with Crippen LogP contribution in [0.2, 0.25) is 0 Å². The van der Waals surface area contributed by atoms with Crippen molar-refractivity contribution in [2.24, 2.45) is 10.9 Å². The Balaban J connectivity index is 0.000000304. The number of rotatable bonds is 7. The lowest BCUT2D eigenvalue weighted by Gasteiger charge is -2.08. The number of aliphatic hydroxyl groups is 1. The predicted molar refractivity (Wildman–Crippen MR) is 68.5 cm³/mol. The van der Waals surface area contributed by atoms with Crippen molar-refractivity contribution in [2.45, 2.75) is 51.2 Å². The second kappa shape index (κ2) is 11.5. The van der Waals surface area contributed by atoms with Gasteiger partial charge in [0.05, 0.1) is 6.26 Å². The van der Waals surface area contributed by atoms with Gasteiger partial charge in [0, 0.05) is 6.61 Å². The Labute approximate surface area is 103 Å². The topological polar surface area (TPSA) is 84.9 Å². The van der Waals surface area contributed by atoms with Crippen LogP contribution in [0.5, 0.6) is 0 Å².